The zero-order chi connectivity index (χ0) is 6.69. The van der Waals surface area contributed by atoms with Crippen molar-refractivity contribution in [2.45, 2.75) is 13.8 Å². The van der Waals surface area contributed by atoms with E-state index in [9.17, 15) is 0 Å². The maximum atomic E-state index is 3.25. The molecule has 2 N–H and O–H groups in total. The molecule has 0 spiro atoms. The molecule has 0 amide bonds. The summed E-state index contributed by atoms with van der Waals surface area (Å²) in [5.41, 5.74) is 2.94. The van der Waals surface area contributed by atoms with E-state index in [0.717, 1.165) is 19.8 Å². The number of rotatable bonds is 0. The zero-order valence-corrected chi connectivity index (χ0v) is 6.12. The predicted octanol–water partition coefficient (Wildman–Crippen LogP) is 0.473. The van der Waals surface area contributed by atoms with Crippen molar-refractivity contribution in [3.63, 3.8) is 0 Å². The summed E-state index contributed by atoms with van der Waals surface area (Å²) >= 11 is 0. The zero-order valence-electron chi connectivity index (χ0n) is 6.12. The highest BCUT2D eigenvalue weighted by atomic mass is 15.1. The molecule has 0 aromatic carbocycles. The van der Waals surface area contributed by atoms with Crippen LogP contribution in [-0.2, 0) is 0 Å². The van der Waals surface area contributed by atoms with Gasteiger partial charge in [0.2, 0.25) is 0 Å². The van der Waals surface area contributed by atoms with Crippen molar-refractivity contribution >= 4 is 0 Å². The van der Waals surface area contributed by atoms with Gasteiger partial charge in [0.05, 0.1) is 0 Å². The first-order chi connectivity index (χ1) is 4.30. The normalized spacial score (nSPS) is 20.0. The van der Waals surface area contributed by atoms with Gasteiger partial charge in [0.15, 0.2) is 0 Å². The molecule has 52 valence electrons. The lowest BCUT2D eigenvalue weighted by atomic mass is 10.1. The Morgan fingerprint density at radius 2 is 1.78 bits per heavy atom. The molecule has 0 aliphatic carbocycles. The Morgan fingerprint density at radius 1 is 1.22 bits per heavy atom. The van der Waals surface area contributed by atoms with Gasteiger partial charge < -0.3 is 10.6 Å². The third kappa shape index (κ3) is 1.80. The quantitative estimate of drug-likeness (QED) is 0.461. The fourth-order valence-electron chi connectivity index (χ4n) is 0.931. The summed E-state index contributed by atoms with van der Waals surface area (Å²) in [5, 5.41) is 6.49. The van der Waals surface area contributed by atoms with Crippen molar-refractivity contribution < 1.29 is 0 Å². The molecule has 0 radical (unpaired) electrons. The molecule has 1 heterocycles. The molecule has 1 aliphatic rings. The fraction of sp³-hybridized carbons (Fsp3) is 0.714. The van der Waals surface area contributed by atoms with Gasteiger partial charge in [-0.25, -0.2) is 0 Å². The van der Waals surface area contributed by atoms with Crippen LogP contribution >= 0.6 is 0 Å². The first-order valence-corrected chi connectivity index (χ1v) is 3.37. The van der Waals surface area contributed by atoms with Crippen LogP contribution in [0.5, 0.6) is 0 Å². The molecule has 1 saturated heterocycles. The Bertz CT molecular complexity index is 115. The van der Waals surface area contributed by atoms with E-state index >= 15 is 0 Å². The molecule has 0 atom stereocenters. The highest BCUT2D eigenvalue weighted by molar-refractivity contribution is 5.14. The average Bonchev–Trinajstić information content (AvgIpc) is 1.90. The topological polar surface area (TPSA) is 24.1 Å². The number of nitrogens with one attached hydrogen (secondary N) is 2. The molecule has 1 rings (SSSR count). The third-order valence-corrected chi connectivity index (χ3v) is 1.63. The number of hydrogen-bond donors (Lipinski definition) is 2. The van der Waals surface area contributed by atoms with Gasteiger partial charge >= 0.3 is 0 Å². The predicted molar refractivity (Wildman–Crippen MR) is 39.2 cm³/mol. The first-order valence-electron chi connectivity index (χ1n) is 3.37. The summed E-state index contributed by atoms with van der Waals surface area (Å²) in [7, 11) is 0. The van der Waals surface area contributed by atoms with Crippen LogP contribution < -0.4 is 10.6 Å². The van der Waals surface area contributed by atoms with Crippen molar-refractivity contribution in [3.8, 4) is 0 Å². The Kier molecular flexibility index (Phi) is 2.25. The van der Waals surface area contributed by atoms with E-state index in [-0.39, 0.29) is 0 Å². The van der Waals surface area contributed by atoms with Crippen molar-refractivity contribution in [1.29, 1.82) is 0 Å². The Balaban J connectivity index is 2.49. The highest BCUT2D eigenvalue weighted by Crippen LogP contribution is 2.01. The summed E-state index contributed by atoms with van der Waals surface area (Å²) in [4.78, 5) is 0. The second kappa shape index (κ2) is 2.99. The lowest BCUT2D eigenvalue weighted by Crippen LogP contribution is -2.39. The molecular weight excluding hydrogens is 112 g/mol. The Hall–Kier alpha value is -0.340. The van der Waals surface area contributed by atoms with E-state index < -0.39 is 0 Å². The van der Waals surface area contributed by atoms with Gasteiger partial charge in [0, 0.05) is 19.8 Å². The minimum atomic E-state index is 0.955. The van der Waals surface area contributed by atoms with Crippen molar-refractivity contribution in [3.05, 3.63) is 11.1 Å². The SMILES string of the molecule is CC(C)=C1CNCNC1. The molecule has 0 unspecified atom stereocenters. The standard InChI is InChI=1S/C7H14N2/c1-6(2)7-3-8-5-9-4-7/h8-9H,3-5H2,1-2H3. The molecule has 1 aliphatic heterocycles. The van der Waals surface area contributed by atoms with E-state index in [4.69, 9.17) is 0 Å². The van der Waals surface area contributed by atoms with Crippen molar-refractivity contribution in [1.82, 2.24) is 10.6 Å². The van der Waals surface area contributed by atoms with Crippen molar-refractivity contribution in [2.24, 2.45) is 0 Å². The van der Waals surface area contributed by atoms with Crippen LogP contribution in [0.4, 0.5) is 0 Å². The van der Waals surface area contributed by atoms with E-state index in [1.165, 1.54) is 11.1 Å². The molecule has 2 nitrogen and oxygen atoms in total. The third-order valence-electron chi connectivity index (χ3n) is 1.63. The van der Waals surface area contributed by atoms with Crippen LogP contribution in [0.2, 0.25) is 0 Å². The Morgan fingerprint density at radius 3 is 2.11 bits per heavy atom. The second-order valence-corrected chi connectivity index (χ2v) is 2.63. The second-order valence-electron chi connectivity index (χ2n) is 2.63. The maximum absolute atomic E-state index is 3.25. The molecule has 1 fully saturated rings. The lowest BCUT2D eigenvalue weighted by molar-refractivity contribution is 0.567. The average molecular weight is 126 g/mol. The van der Waals surface area contributed by atoms with Gasteiger partial charge in [0.1, 0.15) is 0 Å². The maximum Gasteiger partial charge on any atom is 0.0459 e. The molecule has 0 saturated carbocycles. The summed E-state index contributed by atoms with van der Waals surface area (Å²) in [6.45, 7) is 7.40. The summed E-state index contributed by atoms with van der Waals surface area (Å²) in [5.74, 6) is 0. The van der Waals surface area contributed by atoms with E-state index in [1.54, 1.807) is 0 Å². The number of hydrogen-bond acceptors (Lipinski definition) is 2. The largest absolute Gasteiger partial charge is 0.301 e. The van der Waals surface area contributed by atoms with Gasteiger partial charge in [0.25, 0.3) is 0 Å². The molecule has 0 aromatic rings. The van der Waals surface area contributed by atoms with Crippen LogP contribution in [0, 0.1) is 0 Å². The van der Waals surface area contributed by atoms with Gasteiger partial charge in [-0.2, -0.15) is 0 Å². The van der Waals surface area contributed by atoms with Gasteiger partial charge in [-0.05, 0) is 19.4 Å². The molecule has 9 heavy (non-hydrogen) atoms. The van der Waals surface area contributed by atoms with Crippen molar-refractivity contribution in [2.75, 3.05) is 19.8 Å². The first kappa shape index (κ1) is 6.78. The monoisotopic (exact) mass is 126 g/mol. The minimum absolute atomic E-state index is 0.955. The molecule has 0 aromatic heterocycles. The van der Waals surface area contributed by atoms with Crippen LogP contribution in [-0.4, -0.2) is 19.8 Å². The van der Waals surface area contributed by atoms with Gasteiger partial charge in [-0.3, -0.25) is 0 Å². The lowest BCUT2D eigenvalue weighted by Gasteiger charge is -2.18. The van der Waals surface area contributed by atoms with Crippen LogP contribution in [0.15, 0.2) is 11.1 Å². The molecular formula is C7H14N2. The Labute approximate surface area is 56.3 Å². The highest BCUT2D eigenvalue weighted by Gasteiger charge is 2.02. The van der Waals surface area contributed by atoms with Gasteiger partial charge in [-0.15, -0.1) is 0 Å². The summed E-state index contributed by atoms with van der Waals surface area (Å²) < 4.78 is 0. The van der Waals surface area contributed by atoms with E-state index in [1.807, 2.05) is 0 Å². The smallest absolute Gasteiger partial charge is 0.0459 e. The van der Waals surface area contributed by atoms with Crippen LogP contribution in [0.3, 0.4) is 0 Å². The minimum Gasteiger partial charge on any atom is -0.301 e. The molecule has 2 heteroatoms. The van der Waals surface area contributed by atoms with E-state index in [2.05, 4.69) is 24.5 Å². The number of allylic oxidation sites excluding steroid dienone is 1. The van der Waals surface area contributed by atoms with Crippen LogP contribution in [0.1, 0.15) is 13.8 Å². The van der Waals surface area contributed by atoms with E-state index in [0.29, 0.717) is 0 Å². The summed E-state index contributed by atoms with van der Waals surface area (Å²) in [6.07, 6.45) is 0. The molecule has 0 bridgehead atoms. The van der Waals surface area contributed by atoms with Crippen LogP contribution in [0.25, 0.3) is 0 Å². The fourth-order valence-corrected chi connectivity index (χ4v) is 0.931. The van der Waals surface area contributed by atoms with Gasteiger partial charge in [-0.1, -0.05) is 5.57 Å². The summed E-state index contributed by atoms with van der Waals surface area (Å²) in [6, 6.07) is 0.